The molecule has 1 aromatic carbocycles. The standard InChI is InChI=1S/C17H16FN5O/c1-11(20-2)21-14(7-8-19)16-15(12-3-5-13(18)6-4-12)22-17-23(16)9-10-24-17/h3-10H,19H2,1-2H3. The maximum Gasteiger partial charge on any atom is 0.306 e. The zero-order chi connectivity index (χ0) is 17.1. The van der Waals surface area contributed by atoms with Gasteiger partial charge < -0.3 is 10.2 Å². The zero-order valence-electron chi connectivity index (χ0n) is 13.3. The molecule has 0 radical (unpaired) electrons. The van der Waals surface area contributed by atoms with Crippen LogP contribution in [0.1, 0.15) is 12.6 Å². The summed E-state index contributed by atoms with van der Waals surface area (Å²) in [4.78, 5) is 13.0. The number of amidine groups is 1. The van der Waals surface area contributed by atoms with Gasteiger partial charge >= 0.3 is 5.84 Å². The minimum atomic E-state index is -0.312. The van der Waals surface area contributed by atoms with Gasteiger partial charge in [0.05, 0.1) is 5.71 Å². The molecule has 0 aliphatic heterocycles. The lowest BCUT2D eigenvalue weighted by Gasteiger charge is -2.05. The van der Waals surface area contributed by atoms with Crippen LogP contribution in [0.25, 0.3) is 17.1 Å². The topological polar surface area (TPSA) is 81.2 Å². The molecule has 0 fully saturated rings. The molecule has 0 spiro atoms. The molecule has 3 rings (SSSR count). The van der Waals surface area contributed by atoms with Gasteiger partial charge in [0.2, 0.25) is 0 Å². The number of aliphatic imine (C=N–C) groups is 2. The van der Waals surface area contributed by atoms with Gasteiger partial charge in [0.1, 0.15) is 29.3 Å². The third kappa shape index (κ3) is 2.83. The zero-order valence-corrected chi connectivity index (χ0v) is 13.3. The Kier molecular flexibility index (Phi) is 4.24. The summed E-state index contributed by atoms with van der Waals surface area (Å²) in [7, 11) is 1.66. The fraction of sp³-hybridized carbons (Fsp3) is 0.118. The Morgan fingerprint density at radius 2 is 2.08 bits per heavy atom. The SMILES string of the molecule is CN=C(C)N=C(C=CN)c1c(-c2ccc(F)cc2)nc2occn12. The highest BCUT2D eigenvalue weighted by Gasteiger charge is 2.19. The van der Waals surface area contributed by atoms with E-state index in [-0.39, 0.29) is 5.82 Å². The molecule has 2 heterocycles. The first-order chi connectivity index (χ1) is 11.6. The van der Waals surface area contributed by atoms with Crippen LogP contribution in [0.5, 0.6) is 0 Å². The van der Waals surface area contributed by atoms with Crippen LogP contribution in [0.15, 0.2) is 63.4 Å². The lowest BCUT2D eigenvalue weighted by molar-refractivity contribution is 0.596. The minimum absolute atomic E-state index is 0.312. The molecule has 122 valence electrons. The van der Waals surface area contributed by atoms with Gasteiger partial charge in [-0.2, -0.15) is 4.98 Å². The number of hydrogen-bond acceptors (Lipinski definition) is 4. The second-order valence-corrected chi connectivity index (χ2v) is 5.00. The summed E-state index contributed by atoms with van der Waals surface area (Å²) in [5.74, 6) is 0.688. The molecule has 7 heteroatoms. The molecule has 0 bridgehead atoms. The minimum Gasteiger partial charge on any atom is -0.432 e. The number of halogens is 1. The molecule has 2 aromatic heterocycles. The van der Waals surface area contributed by atoms with Crippen molar-refractivity contribution in [1.82, 2.24) is 9.38 Å². The Labute approximate surface area is 137 Å². The van der Waals surface area contributed by atoms with Crippen molar-refractivity contribution in [3.63, 3.8) is 0 Å². The molecule has 0 unspecified atom stereocenters. The Hall–Kier alpha value is -3.22. The molecular formula is C17H16FN5O. The van der Waals surface area contributed by atoms with E-state index < -0.39 is 0 Å². The summed E-state index contributed by atoms with van der Waals surface area (Å²) in [5.41, 5.74) is 8.21. The summed E-state index contributed by atoms with van der Waals surface area (Å²) >= 11 is 0. The van der Waals surface area contributed by atoms with Gasteiger partial charge in [-0.25, -0.2) is 9.38 Å². The van der Waals surface area contributed by atoms with Crippen molar-refractivity contribution in [1.29, 1.82) is 0 Å². The molecule has 2 N–H and O–H groups in total. The molecule has 0 aliphatic carbocycles. The van der Waals surface area contributed by atoms with Crippen molar-refractivity contribution in [3.8, 4) is 11.3 Å². The van der Waals surface area contributed by atoms with Gasteiger partial charge in [-0.05, 0) is 43.5 Å². The third-order valence-electron chi connectivity index (χ3n) is 3.48. The number of rotatable bonds is 3. The molecule has 24 heavy (non-hydrogen) atoms. The van der Waals surface area contributed by atoms with Crippen LogP contribution in [-0.2, 0) is 0 Å². The Morgan fingerprint density at radius 3 is 2.75 bits per heavy atom. The predicted molar refractivity (Wildman–Crippen MR) is 91.7 cm³/mol. The monoisotopic (exact) mass is 325 g/mol. The number of fused-ring (bicyclic) bond motifs is 1. The first kappa shape index (κ1) is 15.7. The van der Waals surface area contributed by atoms with E-state index in [0.29, 0.717) is 28.8 Å². The van der Waals surface area contributed by atoms with Gasteiger partial charge in [-0.3, -0.25) is 9.39 Å². The van der Waals surface area contributed by atoms with Crippen molar-refractivity contribution in [2.45, 2.75) is 6.92 Å². The van der Waals surface area contributed by atoms with Crippen molar-refractivity contribution in [3.05, 3.63) is 60.5 Å². The predicted octanol–water partition coefficient (Wildman–Crippen LogP) is 3.04. The average molecular weight is 325 g/mol. The Balaban J connectivity index is 2.28. The van der Waals surface area contributed by atoms with E-state index in [1.807, 2.05) is 0 Å². The number of hydrogen-bond donors (Lipinski definition) is 1. The summed E-state index contributed by atoms with van der Waals surface area (Å²) in [6.45, 7) is 1.79. The molecule has 6 nitrogen and oxygen atoms in total. The molecule has 3 aromatic rings. The largest absolute Gasteiger partial charge is 0.432 e. The number of imidazole rings is 1. The van der Waals surface area contributed by atoms with E-state index in [2.05, 4.69) is 15.0 Å². The fourth-order valence-electron chi connectivity index (χ4n) is 2.32. The van der Waals surface area contributed by atoms with Crippen LogP contribution in [0.3, 0.4) is 0 Å². The van der Waals surface area contributed by atoms with Crippen LogP contribution in [0.4, 0.5) is 4.39 Å². The highest BCUT2D eigenvalue weighted by molar-refractivity contribution is 6.15. The normalized spacial score (nSPS) is 13.3. The highest BCUT2D eigenvalue weighted by atomic mass is 19.1. The van der Waals surface area contributed by atoms with Gasteiger partial charge in [0.15, 0.2) is 0 Å². The summed E-state index contributed by atoms with van der Waals surface area (Å²) in [5, 5.41) is 0. The first-order valence-electron chi connectivity index (χ1n) is 7.26. The van der Waals surface area contributed by atoms with Crippen molar-refractivity contribution in [2.75, 3.05) is 7.05 Å². The molecule has 0 atom stereocenters. The van der Waals surface area contributed by atoms with Gasteiger partial charge in [0, 0.05) is 18.8 Å². The molecule has 0 saturated heterocycles. The Morgan fingerprint density at radius 1 is 1.33 bits per heavy atom. The summed E-state index contributed by atoms with van der Waals surface area (Å²) < 4.78 is 20.4. The summed E-state index contributed by atoms with van der Waals surface area (Å²) in [6, 6.07) is 6.08. The number of nitrogens with two attached hydrogens (primary N) is 1. The second-order valence-electron chi connectivity index (χ2n) is 5.00. The van der Waals surface area contributed by atoms with E-state index >= 15 is 0 Å². The molecular weight excluding hydrogens is 309 g/mol. The van der Waals surface area contributed by atoms with Crippen molar-refractivity contribution < 1.29 is 8.81 Å². The number of nitrogens with zero attached hydrogens (tertiary/aromatic N) is 4. The van der Waals surface area contributed by atoms with Gasteiger partial charge in [-0.1, -0.05) is 0 Å². The maximum atomic E-state index is 13.2. The van der Waals surface area contributed by atoms with E-state index in [1.54, 1.807) is 42.8 Å². The third-order valence-corrected chi connectivity index (χ3v) is 3.48. The van der Waals surface area contributed by atoms with E-state index in [1.165, 1.54) is 24.6 Å². The Bertz CT molecular complexity index is 947. The fourth-order valence-corrected chi connectivity index (χ4v) is 2.32. The van der Waals surface area contributed by atoms with Crippen LogP contribution in [0.2, 0.25) is 0 Å². The molecule has 0 aliphatic rings. The number of allylic oxidation sites excluding steroid dienone is 1. The number of aromatic nitrogens is 2. The highest BCUT2D eigenvalue weighted by Crippen LogP contribution is 2.26. The van der Waals surface area contributed by atoms with Crippen LogP contribution in [0, 0.1) is 5.82 Å². The number of oxazole rings is 1. The van der Waals surface area contributed by atoms with Crippen LogP contribution >= 0.6 is 0 Å². The van der Waals surface area contributed by atoms with E-state index in [4.69, 9.17) is 10.2 Å². The first-order valence-corrected chi connectivity index (χ1v) is 7.26. The molecule has 0 amide bonds. The quantitative estimate of drug-likeness (QED) is 0.593. The van der Waals surface area contributed by atoms with Gasteiger partial charge in [0.25, 0.3) is 0 Å². The molecule has 0 saturated carbocycles. The number of benzene rings is 1. The van der Waals surface area contributed by atoms with E-state index in [0.717, 1.165) is 5.56 Å². The smallest absolute Gasteiger partial charge is 0.306 e. The van der Waals surface area contributed by atoms with Gasteiger partial charge in [-0.15, -0.1) is 0 Å². The summed E-state index contributed by atoms with van der Waals surface area (Å²) in [6.07, 6.45) is 6.33. The second kappa shape index (κ2) is 6.49. The van der Waals surface area contributed by atoms with Crippen molar-refractivity contribution in [2.24, 2.45) is 15.7 Å². The van der Waals surface area contributed by atoms with Crippen LogP contribution < -0.4 is 5.73 Å². The lowest BCUT2D eigenvalue weighted by Crippen LogP contribution is -2.06. The average Bonchev–Trinajstić information content (AvgIpc) is 3.15. The van der Waals surface area contributed by atoms with Crippen LogP contribution in [-0.4, -0.2) is 28.0 Å². The lowest BCUT2D eigenvalue weighted by atomic mass is 10.1. The van der Waals surface area contributed by atoms with E-state index in [9.17, 15) is 4.39 Å². The van der Waals surface area contributed by atoms with Crippen molar-refractivity contribution >= 4 is 17.4 Å². The maximum absolute atomic E-state index is 13.2.